The van der Waals surface area contributed by atoms with E-state index >= 15 is 0 Å². The molecule has 6 heteroatoms. The molecule has 0 heterocycles. The first kappa shape index (κ1) is 15.7. The van der Waals surface area contributed by atoms with Gasteiger partial charge in [-0.15, -0.1) is 0 Å². The second-order valence-electron chi connectivity index (χ2n) is 4.58. The van der Waals surface area contributed by atoms with Gasteiger partial charge in [0.1, 0.15) is 0 Å². The highest BCUT2D eigenvalue weighted by Crippen LogP contribution is 2.25. The minimum absolute atomic E-state index is 0.0309. The van der Waals surface area contributed by atoms with E-state index in [0.29, 0.717) is 16.3 Å². The van der Waals surface area contributed by atoms with Gasteiger partial charge in [-0.2, -0.15) is 0 Å². The van der Waals surface area contributed by atoms with E-state index in [-0.39, 0.29) is 11.6 Å². The molecule has 2 aromatic carbocycles. The molecule has 0 saturated carbocycles. The van der Waals surface area contributed by atoms with Crippen LogP contribution < -0.4 is 5.32 Å². The van der Waals surface area contributed by atoms with E-state index < -0.39 is 4.92 Å². The Kier molecular flexibility index (Phi) is 4.91. The summed E-state index contributed by atoms with van der Waals surface area (Å²) in [5, 5.41) is 14.1. The molecule has 112 valence electrons. The maximum absolute atomic E-state index is 11.9. The number of hydrogen-bond acceptors (Lipinski definition) is 3. The Labute approximate surface area is 132 Å². The average molecular weight is 317 g/mol. The lowest BCUT2D eigenvalue weighted by Gasteiger charge is -2.06. The number of amides is 1. The summed E-state index contributed by atoms with van der Waals surface area (Å²) in [6, 6.07) is 11.6. The van der Waals surface area contributed by atoms with Gasteiger partial charge in [-0.25, -0.2) is 0 Å². The molecule has 22 heavy (non-hydrogen) atoms. The van der Waals surface area contributed by atoms with E-state index in [2.05, 4.69) is 5.32 Å². The second kappa shape index (κ2) is 6.87. The van der Waals surface area contributed by atoms with Gasteiger partial charge in [0.2, 0.25) is 5.91 Å². The van der Waals surface area contributed by atoms with Crippen molar-refractivity contribution in [1.29, 1.82) is 0 Å². The fraction of sp³-hybridized carbons (Fsp3) is 0.0625. The summed E-state index contributed by atoms with van der Waals surface area (Å²) in [5.41, 5.74) is 1.59. The van der Waals surface area contributed by atoms with Crippen molar-refractivity contribution >= 4 is 35.0 Å². The number of hydrogen-bond donors (Lipinski definition) is 1. The van der Waals surface area contributed by atoms with Gasteiger partial charge in [0.15, 0.2) is 0 Å². The number of carbonyl (C=O) groups is 1. The number of nitrogens with zero attached hydrogens (tertiary/aromatic N) is 1. The molecule has 5 nitrogen and oxygen atoms in total. The molecular weight excluding hydrogens is 304 g/mol. The zero-order valence-electron chi connectivity index (χ0n) is 11.7. The summed E-state index contributed by atoms with van der Waals surface area (Å²) < 4.78 is 0. The van der Waals surface area contributed by atoms with E-state index in [9.17, 15) is 14.9 Å². The summed E-state index contributed by atoms with van der Waals surface area (Å²) >= 11 is 5.86. The molecule has 2 rings (SSSR count). The number of nitro benzene ring substituents is 1. The van der Waals surface area contributed by atoms with Gasteiger partial charge >= 0.3 is 0 Å². The third-order valence-corrected chi connectivity index (χ3v) is 3.27. The predicted molar refractivity (Wildman–Crippen MR) is 86.9 cm³/mol. The number of carbonyl (C=O) groups excluding carboxylic acids is 1. The first-order valence-corrected chi connectivity index (χ1v) is 6.84. The standard InChI is InChI=1S/C16H13ClN2O3/c1-11-14(6-3-7-15(11)19(21)22)18-16(20)9-8-12-4-2-5-13(17)10-12/h2-10H,1H3,(H,18,20)/b9-8+. The van der Waals surface area contributed by atoms with Crippen molar-refractivity contribution in [2.75, 3.05) is 5.32 Å². The van der Waals surface area contributed by atoms with Gasteiger partial charge in [-0.3, -0.25) is 14.9 Å². The number of nitro groups is 1. The first-order valence-electron chi connectivity index (χ1n) is 6.46. The molecule has 0 atom stereocenters. The second-order valence-corrected chi connectivity index (χ2v) is 5.02. The van der Waals surface area contributed by atoms with E-state index in [4.69, 9.17) is 11.6 Å². The fourth-order valence-electron chi connectivity index (χ4n) is 1.91. The van der Waals surface area contributed by atoms with Gasteiger partial charge < -0.3 is 5.32 Å². The third kappa shape index (κ3) is 3.93. The van der Waals surface area contributed by atoms with Crippen LogP contribution in [-0.2, 0) is 4.79 Å². The summed E-state index contributed by atoms with van der Waals surface area (Å²) in [5.74, 6) is -0.372. The van der Waals surface area contributed by atoms with Gasteiger partial charge in [-0.05, 0) is 36.8 Å². The number of anilines is 1. The lowest BCUT2D eigenvalue weighted by atomic mass is 10.1. The predicted octanol–water partition coefficient (Wildman–Crippen LogP) is 4.21. The van der Waals surface area contributed by atoms with Gasteiger partial charge in [0, 0.05) is 17.2 Å². The van der Waals surface area contributed by atoms with E-state index in [1.54, 1.807) is 37.3 Å². The van der Waals surface area contributed by atoms with Crippen LogP contribution in [0.2, 0.25) is 5.02 Å². The van der Waals surface area contributed by atoms with E-state index in [1.807, 2.05) is 6.07 Å². The van der Waals surface area contributed by atoms with Gasteiger partial charge in [-0.1, -0.05) is 29.8 Å². The Bertz CT molecular complexity index is 757. The van der Waals surface area contributed by atoms with Crippen molar-refractivity contribution < 1.29 is 9.72 Å². The minimum Gasteiger partial charge on any atom is -0.322 e. The van der Waals surface area contributed by atoms with Gasteiger partial charge in [0.25, 0.3) is 5.69 Å². The molecule has 0 saturated heterocycles. The number of halogens is 1. The quantitative estimate of drug-likeness (QED) is 0.521. The van der Waals surface area contributed by atoms with Crippen LogP contribution in [0, 0.1) is 17.0 Å². The lowest BCUT2D eigenvalue weighted by Crippen LogP contribution is -2.09. The highest BCUT2D eigenvalue weighted by atomic mass is 35.5. The van der Waals surface area contributed by atoms with Crippen LogP contribution in [0.5, 0.6) is 0 Å². The van der Waals surface area contributed by atoms with Crippen LogP contribution in [0.3, 0.4) is 0 Å². The molecule has 2 aromatic rings. The Balaban J connectivity index is 2.13. The molecule has 0 unspecified atom stereocenters. The molecule has 0 aliphatic heterocycles. The lowest BCUT2D eigenvalue weighted by molar-refractivity contribution is -0.385. The monoisotopic (exact) mass is 316 g/mol. The van der Waals surface area contributed by atoms with Crippen molar-refractivity contribution in [2.24, 2.45) is 0 Å². The largest absolute Gasteiger partial charge is 0.322 e. The number of nitrogens with one attached hydrogen (secondary N) is 1. The van der Waals surface area contributed by atoms with E-state index in [1.165, 1.54) is 18.2 Å². The first-order chi connectivity index (χ1) is 10.5. The van der Waals surface area contributed by atoms with Gasteiger partial charge in [0.05, 0.1) is 16.2 Å². The SMILES string of the molecule is Cc1c(NC(=O)/C=C/c2cccc(Cl)c2)cccc1[N+](=O)[O-]. The normalized spacial score (nSPS) is 10.6. The molecular formula is C16H13ClN2O3. The Morgan fingerprint density at radius 1 is 1.27 bits per heavy atom. The summed E-state index contributed by atoms with van der Waals surface area (Å²) in [4.78, 5) is 22.3. The highest BCUT2D eigenvalue weighted by molar-refractivity contribution is 6.30. The number of rotatable bonds is 4. The molecule has 0 aliphatic rings. The molecule has 0 bridgehead atoms. The third-order valence-electron chi connectivity index (χ3n) is 3.04. The van der Waals surface area contributed by atoms with Crippen molar-refractivity contribution in [3.05, 3.63) is 74.8 Å². The molecule has 0 fully saturated rings. The molecule has 1 N–H and O–H groups in total. The Morgan fingerprint density at radius 3 is 2.68 bits per heavy atom. The van der Waals surface area contributed by atoms with E-state index in [0.717, 1.165) is 5.56 Å². The zero-order chi connectivity index (χ0) is 16.1. The summed E-state index contributed by atoms with van der Waals surface area (Å²) in [6.07, 6.45) is 2.97. The Morgan fingerprint density at radius 2 is 2.00 bits per heavy atom. The summed E-state index contributed by atoms with van der Waals surface area (Å²) in [6.45, 7) is 1.59. The topological polar surface area (TPSA) is 72.2 Å². The van der Waals surface area contributed by atoms with Crippen LogP contribution in [0.25, 0.3) is 6.08 Å². The average Bonchev–Trinajstić information content (AvgIpc) is 2.47. The molecule has 1 amide bonds. The van der Waals surface area contributed by atoms with Crippen molar-refractivity contribution in [3.63, 3.8) is 0 Å². The van der Waals surface area contributed by atoms with Crippen LogP contribution in [-0.4, -0.2) is 10.8 Å². The molecule has 0 radical (unpaired) electrons. The van der Waals surface area contributed by atoms with Crippen molar-refractivity contribution in [3.8, 4) is 0 Å². The molecule has 0 spiro atoms. The Hall–Kier alpha value is -2.66. The van der Waals surface area contributed by atoms with Crippen LogP contribution in [0.15, 0.2) is 48.5 Å². The number of benzene rings is 2. The smallest absolute Gasteiger partial charge is 0.274 e. The summed E-state index contributed by atoms with van der Waals surface area (Å²) in [7, 11) is 0. The zero-order valence-corrected chi connectivity index (χ0v) is 12.5. The maximum atomic E-state index is 11.9. The molecule has 0 aliphatic carbocycles. The molecule has 0 aromatic heterocycles. The highest BCUT2D eigenvalue weighted by Gasteiger charge is 2.13. The van der Waals surface area contributed by atoms with Crippen molar-refractivity contribution in [1.82, 2.24) is 0 Å². The fourth-order valence-corrected chi connectivity index (χ4v) is 2.11. The van der Waals surface area contributed by atoms with Crippen molar-refractivity contribution in [2.45, 2.75) is 6.92 Å². The van der Waals surface area contributed by atoms with Crippen LogP contribution in [0.4, 0.5) is 11.4 Å². The van der Waals surface area contributed by atoms with Crippen LogP contribution in [0.1, 0.15) is 11.1 Å². The minimum atomic E-state index is -0.479. The van der Waals surface area contributed by atoms with Crippen LogP contribution >= 0.6 is 11.6 Å². The maximum Gasteiger partial charge on any atom is 0.274 e.